The van der Waals surface area contributed by atoms with Crippen LogP contribution in [0, 0.1) is 6.92 Å². The second kappa shape index (κ2) is 3.71. The Hall–Kier alpha value is -0.870. The molecule has 0 spiro atoms. The number of aryl methyl sites for hydroxylation is 1. The van der Waals surface area contributed by atoms with Gasteiger partial charge in [0.2, 0.25) is 0 Å². The van der Waals surface area contributed by atoms with E-state index < -0.39 is 0 Å². The Bertz CT molecular complexity index is 310. The van der Waals surface area contributed by atoms with Crippen molar-refractivity contribution in [2.75, 3.05) is 13.6 Å². The predicted molar refractivity (Wildman–Crippen MR) is 53.8 cm³/mol. The zero-order valence-electron chi connectivity index (χ0n) is 8.73. The lowest BCUT2D eigenvalue weighted by molar-refractivity contribution is 0.141. The standard InChI is InChI=1S/C10H17N3O/c1-7-5-10(14-12-7)9-4-3-8(11)6-13(9)2/h5,8-9H,3-4,6,11H2,1-2H3. The van der Waals surface area contributed by atoms with Gasteiger partial charge in [0.15, 0.2) is 5.76 Å². The summed E-state index contributed by atoms with van der Waals surface area (Å²) in [5.41, 5.74) is 6.83. The normalized spacial score (nSPS) is 29.4. The molecule has 2 heterocycles. The van der Waals surface area contributed by atoms with Crippen LogP contribution in [-0.2, 0) is 0 Å². The van der Waals surface area contributed by atoms with E-state index >= 15 is 0 Å². The minimum atomic E-state index is 0.306. The molecule has 0 saturated carbocycles. The SMILES string of the molecule is Cc1cc(C2CCC(N)CN2C)on1. The Labute approximate surface area is 84.0 Å². The Kier molecular flexibility index (Phi) is 2.56. The van der Waals surface area contributed by atoms with Crippen LogP contribution in [0.25, 0.3) is 0 Å². The second-order valence-electron chi connectivity index (χ2n) is 4.16. The highest BCUT2D eigenvalue weighted by Gasteiger charge is 2.27. The number of hydrogen-bond acceptors (Lipinski definition) is 4. The maximum Gasteiger partial charge on any atom is 0.154 e. The molecule has 0 aliphatic carbocycles. The molecule has 78 valence electrons. The summed E-state index contributed by atoms with van der Waals surface area (Å²) >= 11 is 0. The molecule has 2 atom stereocenters. The van der Waals surface area contributed by atoms with Crippen LogP contribution in [0.4, 0.5) is 0 Å². The summed E-state index contributed by atoms with van der Waals surface area (Å²) in [5, 5.41) is 3.91. The monoisotopic (exact) mass is 195 g/mol. The highest BCUT2D eigenvalue weighted by Crippen LogP contribution is 2.29. The number of hydrogen-bond donors (Lipinski definition) is 1. The van der Waals surface area contributed by atoms with Gasteiger partial charge in [0.05, 0.1) is 11.7 Å². The van der Waals surface area contributed by atoms with E-state index in [4.69, 9.17) is 10.3 Å². The van der Waals surface area contributed by atoms with E-state index in [1.54, 1.807) is 0 Å². The van der Waals surface area contributed by atoms with E-state index in [2.05, 4.69) is 17.1 Å². The van der Waals surface area contributed by atoms with Crippen molar-refractivity contribution in [3.05, 3.63) is 17.5 Å². The maximum absolute atomic E-state index is 5.88. The molecule has 2 N–H and O–H groups in total. The third kappa shape index (κ3) is 1.81. The minimum absolute atomic E-state index is 0.306. The number of aromatic nitrogens is 1. The molecular formula is C10H17N3O. The summed E-state index contributed by atoms with van der Waals surface area (Å²) in [6, 6.07) is 2.68. The molecule has 0 radical (unpaired) electrons. The van der Waals surface area contributed by atoms with E-state index in [1.165, 1.54) is 0 Å². The number of nitrogens with two attached hydrogens (primary N) is 1. The van der Waals surface area contributed by atoms with Gasteiger partial charge in [-0.3, -0.25) is 4.90 Å². The van der Waals surface area contributed by atoms with Crippen molar-refractivity contribution in [2.45, 2.75) is 31.8 Å². The van der Waals surface area contributed by atoms with Gasteiger partial charge in [-0.05, 0) is 26.8 Å². The molecule has 0 aromatic carbocycles. The molecule has 1 fully saturated rings. The third-order valence-electron chi connectivity index (χ3n) is 2.84. The van der Waals surface area contributed by atoms with Gasteiger partial charge in [0.25, 0.3) is 0 Å². The van der Waals surface area contributed by atoms with Crippen LogP contribution in [0.3, 0.4) is 0 Å². The Morgan fingerprint density at radius 1 is 1.57 bits per heavy atom. The van der Waals surface area contributed by atoms with Gasteiger partial charge >= 0.3 is 0 Å². The quantitative estimate of drug-likeness (QED) is 0.728. The van der Waals surface area contributed by atoms with Crippen LogP contribution in [0.1, 0.15) is 30.3 Å². The van der Waals surface area contributed by atoms with E-state index in [9.17, 15) is 0 Å². The van der Waals surface area contributed by atoms with Crippen molar-refractivity contribution in [1.29, 1.82) is 0 Å². The molecule has 0 amide bonds. The summed E-state index contributed by atoms with van der Waals surface area (Å²) in [7, 11) is 2.08. The fraction of sp³-hybridized carbons (Fsp3) is 0.700. The lowest BCUT2D eigenvalue weighted by atomic mass is 9.98. The second-order valence-corrected chi connectivity index (χ2v) is 4.16. The van der Waals surface area contributed by atoms with Crippen LogP contribution in [0.5, 0.6) is 0 Å². The predicted octanol–water partition coefficient (Wildman–Crippen LogP) is 1.08. The van der Waals surface area contributed by atoms with Crippen LogP contribution >= 0.6 is 0 Å². The summed E-state index contributed by atoms with van der Waals surface area (Å²) in [6.45, 7) is 2.88. The molecule has 2 rings (SSSR count). The molecule has 1 aromatic heterocycles. The molecule has 1 saturated heterocycles. The number of likely N-dealkylation sites (N-methyl/N-ethyl adjacent to an activating group) is 1. The highest BCUT2D eigenvalue weighted by atomic mass is 16.5. The van der Waals surface area contributed by atoms with Gasteiger partial charge in [-0.25, -0.2) is 0 Å². The molecule has 4 nitrogen and oxygen atoms in total. The largest absolute Gasteiger partial charge is 0.359 e. The van der Waals surface area contributed by atoms with Crippen molar-refractivity contribution in [1.82, 2.24) is 10.1 Å². The lowest BCUT2D eigenvalue weighted by Crippen LogP contribution is -2.42. The van der Waals surface area contributed by atoms with Gasteiger partial charge in [0, 0.05) is 18.7 Å². The number of likely N-dealkylation sites (tertiary alicyclic amines) is 1. The van der Waals surface area contributed by atoms with E-state index in [0.29, 0.717) is 12.1 Å². The van der Waals surface area contributed by atoms with Crippen LogP contribution in [-0.4, -0.2) is 29.7 Å². The molecule has 14 heavy (non-hydrogen) atoms. The summed E-state index contributed by atoms with van der Waals surface area (Å²) in [5.74, 6) is 0.969. The zero-order chi connectivity index (χ0) is 10.1. The molecular weight excluding hydrogens is 178 g/mol. The average Bonchev–Trinajstić information content (AvgIpc) is 2.51. The van der Waals surface area contributed by atoms with Crippen LogP contribution in [0.2, 0.25) is 0 Å². The minimum Gasteiger partial charge on any atom is -0.359 e. The molecule has 1 aliphatic rings. The first-order valence-corrected chi connectivity index (χ1v) is 5.06. The van der Waals surface area contributed by atoms with E-state index in [1.807, 2.05) is 13.0 Å². The third-order valence-corrected chi connectivity index (χ3v) is 2.84. The first-order valence-electron chi connectivity index (χ1n) is 5.06. The molecule has 4 heteroatoms. The van der Waals surface area contributed by atoms with E-state index in [0.717, 1.165) is 30.8 Å². The number of rotatable bonds is 1. The van der Waals surface area contributed by atoms with Gasteiger partial charge in [-0.1, -0.05) is 5.16 Å². The van der Waals surface area contributed by atoms with Crippen molar-refractivity contribution in [3.63, 3.8) is 0 Å². The fourth-order valence-corrected chi connectivity index (χ4v) is 2.08. The van der Waals surface area contributed by atoms with Crippen LogP contribution in [0.15, 0.2) is 10.6 Å². The Morgan fingerprint density at radius 3 is 2.93 bits per heavy atom. The Morgan fingerprint density at radius 2 is 2.36 bits per heavy atom. The number of piperidine rings is 1. The van der Waals surface area contributed by atoms with E-state index in [-0.39, 0.29) is 0 Å². The topological polar surface area (TPSA) is 55.3 Å². The summed E-state index contributed by atoms with van der Waals surface area (Å²) in [4.78, 5) is 2.24. The van der Waals surface area contributed by atoms with Crippen LogP contribution < -0.4 is 5.73 Å². The molecule has 1 aromatic rings. The molecule has 2 unspecified atom stereocenters. The van der Waals surface area contributed by atoms with Gasteiger partial charge in [0.1, 0.15) is 0 Å². The smallest absolute Gasteiger partial charge is 0.154 e. The van der Waals surface area contributed by atoms with Gasteiger partial charge in [-0.15, -0.1) is 0 Å². The fourth-order valence-electron chi connectivity index (χ4n) is 2.08. The van der Waals surface area contributed by atoms with Crippen molar-refractivity contribution >= 4 is 0 Å². The maximum atomic E-state index is 5.88. The summed E-state index contributed by atoms with van der Waals surface area (Å²) in [6.07, 6.45) is 2.13. The van der Waals surface area contributed by atoms with Gasteiger partial charge in [-0.2, -0.15) is 0 Å². The molecule has 0 bridgehead atoms. The summed E-state index contributed by atoms with van der Waals surface area (Å²) < 4.78 is 5.28. The number of nitrogens with zero attached hydrogens (tertiary/aromatic N) is 2. The van der Waals surface area contributed by atoms with Crippen molar-refractivity contribution in [2.24, 2.45) is 5.73 Å². The van der Waals surface area contributed by atoms with Crippen molar-refractivity contribution in [3.8, 4) is 0 Å². The van der Waals surface area contributed by atoms with Gasteiger partial charge < -0.3 is 10.3 Å². The Balaban J connectivity index is 2.11. The lowest BCUT2D eigenvalue weighted by Gasteiger charge is -2.33. The molecule has 1 aliphatic heterocycles. The first-order chi connectivity index (χ1) is 6.66. The van der Waals surface area contributed by atoms with Crippen molar-refractivity contribution < 1.29 is 4.52 Å². The average molecular weight is 195 g/mol. The zero-order valence-corrected chi connectivity index (χ0v) is 8.73. The first kappa shape index (κ1) is 9.68. The highest BCUT2D eigenvalue weighted by molar-refractivity contribution is 5.09.